The average Bonchev–Trinajstić information content (AvgIpc) is 2.58. The molecular formula is C10H17N3O4S. The fourth-order valence-corrected chi connectivity index (χ4v) is 3.30. The molecule has 0 saturated heterocycles. The largest absolute Gasteiger partial charge is 0.480 e. The highest BCUT2D eigenvalue weighted by atomic mass is 32.2. The second-order valence-electron chi connectivity index (χ2n) is 4.06. The number of aliphatic carboxylic acids is 1. The second-order valence-corrected chi connectivity index (χ2v) is 5.71. The van der Waals surface area contributed by atoms with Gasteiger partial charge < -0.3 is 5.11 Å². The summed E-state index contributed by atoms with van der Waals surface area (Å²) in [6.45, 7) is 4.91. The molecule has 0 aliphatic carbocycles. The zero-order valence-electron chi connectivity index (χ0n) is 10.5. The van der Waals surface area contributed by atoms with Gasteiger partial charge in [0.1, 0.15) is 10.9 Å². The second kappa shape index (κ2) is 5.49. The van der Waals surface area contributed by atoms with Crippen LogP contribution in [-0.4, -0.2) is 35.7 Å². The summed E-state index contributed by atoms with van der Waals surface area (Å²) in [5.74, 6) is -1.18. The van der Waals surface area contributed by atoms with E-state index in [-0.39, 0.29) is 11.3 Å². The summed E-state index contributed by atoms with van der Waals surface area (Å²) in [5.41, 5.74) is 0.710. The molecule has 1 atom stereocenters. The Morgan fingerprint density at radius 1 is 1.50 bits per heavy atom. The summed E-state index contributed by atoms with van der Waals surface area (Å²) in [4.78, 5) is 11.0. The summed E-state index contributed by atoms with van der Waals surface area (Å²) in [6, 6.07) is -1.12. The van der Waals surface area contributed by atoms with Crippen LogP contribution in [0.1, 0.15) is 31.2 Å². The Labute approximate surface area is 106 Å². The lowest BCUT2D eigenvalue weighted by Gasteiger charge is -2.13. The molecule has 0 aromatic carbocycles. The Bertz CT molecular complexity index is 516. The van der Waals surface area contributed by atoms with E-state index in [2.05, 4.69) is 14.9 Å². The predicted octanol–water partition coefficient (Wildman–Crippen LogP) is 0.558. The van der Waals surface area contributed by atoms with Crippen molar-refractivity contribution in [1.29, 1.82) is 0 Å². The topological polar surface area (TPSA) is 112 Å². The van der Waals surface area contributed by atoms with E-state index in [9.17, 15) is 13.2 Å². The van der Waals surface area contributed by atoms with E-state index >= 15 is 0 Å². The number of aromatic nitrogens is 2. The average molecular weight is 275 g/mol. The van der Waals surface area contributed by atoms with Crippen LogP contribution in [-0.2, 0) is 14.8 Å². The molecule has 0 saturated carbocycles. The number of sulfonamides is 1. The number of hydrogen-bond acceptors (Lipinski definition) is 4. The molecule has 1 rings (SSSR count). The molecule has 1 heterocycles. The van der Waals surface area contributed by atoms with Crippen molar-refractivity contribution in [3.8, 4) is 0 Å². The molecule has 1 aromatic heterocycles. The Kier molecular flexibility index (Phi) is 4.47. The molecule has 7 nitrogen and oxygen atoms in total. The smallest absolute Gasteiger partial charge is 0.321 e. The van der Waals surface area contributed by atoms with Gasteiger partial charge in [0.2, 0.25) is 10.0 Å². The van der Waals surface area contributed by atoms with Crippen LogP contribution >= 0.6 is 0 Å². The first-order valence-electron chi connectivity index (χ1n) is 5.56. The first-order chi connectivity index (χ1) is 8.29. The van der Waals surface area contributed by atoms with E-state index in [1.54, 1.807) is 20.8 Å². The van der Waals surface area contributed by atoms with E-state index < -0.39 is 22.0 Å². The van der Waals surface area contributed by atoms with Crippen molar-refractivity contribution in [1.82, 2.24) is 14.9 Å². The molecule has 0 radical (unpaired) electrons. The molecule has 0 aliphatic heterocycles. The molecule has 3 N–H and O–H groups in total. The van der Waals surface area contributed by atoms with Crippen LogP contribution in [0.4, 0.5) is 0 Å². The zero-order valence-corrected chi connectivity index (χ0v) is 11.3. The monoisotopic (exact) mass is 275 g/mol. The lowest BCUT2D eigenvalue weighted by molar-refractivity contribution is -0.139. The normalized spacial score (nSPS) is 13.5. The zero-order chi connectivity index (χ0) is 13.9. The van der Waals surface area contributed by atoms with Gasteiger partial charge in [-0.1, -0.05) is 13.3 Å². The van der Waals surface area contributed by atoms with Crippen molar-refractivity contribution in [3.63, 3.8) is 0 Å². The quantitative estimate of drug-likeness (QED) is 0.702. The number of rotatable bonds is 6. The fraction of sp³-hybridized carbons (Fsp3) is 0.600. The third-order valence-electron chi connectivity index (χ3n) is 2.50. The molecule has 18 heavy (non-hydrogen) atoms. The lowest BCUT2D eigenvalue weighted by atomic mass is 10.2. The highest BCUT2D eigenvalue weighted by molar-refractivity contribution is 7.89. The van der Waals surface area contributed by atoms with Crippen LogP contribution in [0, 0.1) is 13.8 Å². The molecule has 0 bridgehead atoms. The van der Waals surface area contributed by atoms with E-state index in [0.717, 1.165) is 0 Å². The predicted molar refractivity (Wildman–Crippen MR) is 64.7 cm³/mol. The van der Waals surface area contributed by atoms with Crippen LogP contribution in [0.25, 0.3) is 0 Å². The van der Waals surface area contributed by atoms with E-state index in [1.165, 1.54) is 0 Å². The summed E-state index contributed by atoms with van der Waals surface area (Å²) in [7, 11) is -3.87. The first-order valence-corrected chi connectivity index (χ1v) is 7.04. The minimum absolute atomic E-state index is 0.0184. The summed E-state index contributed by atoms with van der Waals surface area (Å²) in [6.07, 6.45) is 0.813. The van der Waals surface area contributed by atoms with Gasteiger partial charge in [0.05, 0.1) is 11.4 Å². The van der Waals surface area contributed by atoms with E-state index in [1.807, 2.05) is 0 Å². The van der Waals surface area contributed by atoms with Crippen molar-refractivity contribution < 1.29 is 18.3 Å². The number of carboxylic acid groups (broad SMARTS) is 1. The summed E-state index contributed by atoms with van der Waals surface area (Å²) >= 11 is 0. The Morgan fingerprint density at radius 3 is 2.50 bits per heavy atom. The molecule has 0 unspecified atom stereocenters. The van der Waals surface area contributed by atoms with Gasteiger partial charge >= 0.3 is 5.97 Å². The molecule has 0 fully saturated rings. The minimum atomic E-state index is -3.87. The number of hydrogen-bond donors (Lipinski definition) is 3. The number of aryl methyl sites for hydroxylation is 2. The van der Waals surface area contributed by atoms with Crippen molar-refractivity contribution in [2.45, 2.75) is 44.6 Å². The van der Waals surface area contributed by atoms with Crippen LogP contribution < -0.4 is 4.72 Å². The fourth-order valence-electron chi connectivity index (χ4n) is 1.70. The van der Waals surface area contributed by atoms with Crippen molar-refractivity contribution >= 4 is 16.0 Å². The lowest BCUT2D eigenvalue weighted by Crippen LogP contribution is -2.40. The van der Waals surface area contributed by atoms with Crippen molar-refractivity contribution in [2.75, 3.05) is 0 Å². The van der Waals surface area contributed by atoms with Gasteiger partial charge in [-0.15, -0.1) is 0 Å². The number of H-pyrrole nitrogens is 1. The Hall–Kier alpha value is -1.41. The molecule has 0 amide bonds. The maximum Gasteiger partial charge on any atom is 0.321 e. The van der Waals surface area contributed by atoms with Crippen molar-refractivity contribution in [2.24, 2.45) is 0 Å². The molecule has 102 valence electrons. The number of nitrogens with one attached hydrogen (secondary N) is 2. The number of carboxylic acids is 1. The third kappa shape index (κ3) is 3.08. The Balaban J connectivity index is 3.05. The van der Waals surface area contributed by atoms with Gasteiger partial charge in [-0.2, -0.15) is 9.82 Å². The van der Waals surface area contributed by atoms with Gasteiger partial charge in [-0.05, 0) is 20.3 Å². The maximum atomic E-state index is 12.1. The minimum Gasteiger partial charge on any atom is -0.480 e. The van der Waals surface area contributed by atoms with E-state index in [4.69, 9.17) is 5.11 Å². The van der Waals surface area contributed by atoms with Gasteiger partial charge in [-0.3, -0.25) is 9.89 Å². The molecule has 1 aromatic rings. The summed E-state index contributed by atoms with van der Waals surface area (Å²) in [5, 5.41) is 15.3. The van der Waals surface area contributed by atoms with Crippen LogP contribution in [0.5, 0.6) is 0 Å². The maximum absolute atomic E-state index is 12.1. The third-order valence-corrected chi connectivity index (χ3v) is 4.24. The van der Waals surface area contributed by atoms with Gasteiger partial charge in [0.25, 0.3) is 0 Å². The van der Waals surface area contributed by atoms with E-state index in [0.29, 0.717) is 17.8 Å². The van der Waals surface area contributed by atoms with Gasteiger partial charge in [0.15, 0.2) is 0 Å². The molecular weight excluding hydrogens is 258 g/mol. The molecule has 0 spiro atoms. The molecule has 0 aliphatic rings. The highest BCUT2D eigenvalue weighted by Crippen LogP contribution is 2.17. The number of carbonyl (C=O) groups is 1. The van der Waals surface area contributed by atoms with Crippen LogP contribution in [0.3, 0.4) is 0 Å². The SMILES string of the molecule is CCC[C@H](NS(=O)(=O)c1c(C)n[nH]c1C)C(=O)O. The standard InChI is InChI=1S/C10H17N3O4S/c1-4-5-8(10(14)15)13-18(16,17)9-6(2)11-12-7(9)3/h8,13H,4-5H2,1-3H3,(H,11,12)(H,14,15)/t8-/m0/s1. The highest BCUT2D eigenvalue weighted by Gasteiger charge is 2.28. The summed E-state index contributed by atoms with van der Waals surface area (Å²) < 4.78 is 26.4. The Morgan fingerprint density at radius 2 is 2.11 bits per heavy atom. The van der Waals surface area contributed by atoms with Crippen LogP contribution in [0.15, 0.2) is 4.90 Å². The van der Waals surface area contributed by atoms with Crippen molar-refractivity contribution in [3.05, 3.63) is 11.4 Å². The van der Waals surface area contributed by atoms with Crippen LogP contribution in [0.2, 0.25) is 0 Å². The molecule has 8 heteroatoms. The first kappa shape index (κ1) is 14.7. The number of nitrogens with zero attached hydrogens (tertiary/aromatic N) is 1. The number of aromatic amines is 1. The van der Waals surface area contributed by atoms with Gasteiger partial charge in [-0.25, -0.2) is 8.42 Å². The van der Waals surface area contributed by atoms with Gasteiger partial charge in [0, 0.05) is 0 Å².